The van der Waals surface area contributed by atoms with Crippen molar-refractivity contribution in [3.8, 4) is 5.75 Å². The Morgan fingerprint density at radius 3 is 1.91 bits per heavy atom. The van der Waals surface area contributed by atoms with Gasteiger partial charge in [0.2, 0.25) is 23.6 Å². The second-order valence-electron chi connectivity index (χ2n) is 7.51. The number of phenolic OH excluding ortho intramolecular Hbond substituents is 1. The van der Waals surface area contributed by atoms with Crippen LogP contribution in [0.25, 0.3) is 0 Å². The average Bonchev–Trinajstić information content (AvgIpc) is 2.76. The van der Waals surface area contributed by atoms with E-state index in [4.69, 9.17) is 11.5 Å². The van der Waals surface area contributed by atoms with Gasteiger partial charge in [-0.25, -0.2) is 4.79 Å². The van der Waals surface area contributed by atoms with Gasteiger partial charge in [-0.15, -0.1) is 0 Å². The number of carboxylic acids is 1. The molecule has 0 spiro atoms. The number of carbonyl (C=O) groups is 5. The van der Waals surface area contributed by atoms with E-state index in [-0.39, 0.29) is 17.9 Å². The van der Waals surface area contributed by atoms with Crippen LogP contribution in [-0.4, -0.2) is 80.9 Å². The second-order valence-corrected chi connectivity index (χ2v) is 7.88. The van der Waals surface area contributed by atoms with Gasteiger partial charge >= 0.3 is 5.97 Å². The molecule has 0 radical (unpaired) electrons. The fraction of sp³-hybridized carbons (Fsp3) is 0.450. The van der Waals surface area contributed by atoms with Crippen molar-refractivity contribution in [1.29, 1.82) is 0 Å². The summed E-state index contributed by atoms with van der Waals surface area (Å²) in [5.41, 5.74) is 11.2. The molecule has 0 fully saturated rings. The molecule has 5 unspecified atom stereocenters. The summed E-state index contributed by atoms with van der Waals surface area (Å²) in [6.45, 7) is 1.26. The molecule has 14 heteroatoms. The van der Waals surface area contributed by atoms with Crippen LogP contribution in [0.5, 0.6) is 5.75 Å². The SMILES string of the molecule is CC(O)C(N)C(=O)NC(CC(N)=O)C(=O)NC(CS)C(=O)NC(Cc1ccc(O)cc1)C(=O)O. The van der Waals surface area contributed by atoms with E-state index in [1.54, 1.807) is 0 Å². The molecular formula is C20H29N5O8S. The summed E-state index contributed by atoms with van der Waals surface area (Å²) >= 11 is 4.00. The lowest BCUT2D eigenvalue weighted by Gasteiger charge is -2.24. The zero-order valence-electron chi connectivity index (χ0n) is 18.3. The second kappa shape index (κ2) is 13.4. The first kappa shape index (κ1) is 28.7. The summed E-state index contributed by atoms with van der Waals surface area (Å²) in [7, 11) is 0. The molecule has 1 aromatic carbocycles. The Hall–Kier alpha value is -3.36. The fourth-order valence-electron chi connectivity index (χ4n) is 2.70. The van der Waals surface area contributed by atoms with Crippen LogP contribution in [0.3, 0.4) is 0 Å². The summed E-state index contributed by atoms with van der Waals surface area (Å²) in [4.78, 5) is 60.3. The topological polar surface area (TPSA) is 234 Å². The maximum Gasteiger partial charge on any atom is 0.326 e. The highest BCUT2D eigenvalue weighted by atomic mass is 32.1. The Morgan fingerprint density at radius 2 is 1.44 bits per heavy atom. The summed E-state index contributed by atoms with van der Waals surface area (Å²) < 4.78 is 0. The normalized spacial score (nSPS) is 15.2. The lowest BCUT2D eigenvalue weighted by atomic mass is 10.1. The van der Waals surface area contributed by atoms with Crippen LogP contribution >= 0.6 is 12.6 Å². The van der Waals surface area contributed by atoms with Crippen molar-refractivity contribution in [2.75, 3.05) is 5.75 Å². The summed E-state index contributed by atoms with van der Waals surface area (Å²) in [6, 6.07) is 0.138. The smallest absolute Gasteiger partial charge is 0.326 e. The zero-order valence-corrected chi connectivity index (χ0v) is 19.2. The lowest BCUT2D eigenvalue weighted by molar-refractivity contribution is -0.142. The monoisotopic (exact) mass is 499 g/mol. The number of aliphatic hydroxyl groups is 1. The molecule has 0 saturated carbocycles. The van der Waals surface area contributed by atoms with Crippen molar-refractivity contribution in [1.82, 2.24) is 16.0 Å². The van der Waals surface area contributed by atoms with Crippen molar-refractivity contribution < 1.29 is 39.3 Å². The summed E-state index contributed by atoms with van der Waals surface area (Å²) in [6.07, 6.45) is -1.97. The number of primary amides is 1. The number of aromatic hydroxyl groups is 1. The van der Waals surface area contributed by atoms with Gasteiger partial charge in [-0.3, -0.25) is 19.2 Å². The molecule has 0 aliphatic heterocycles. The number of amides is 4. The predicted molar refractivity (Wildman–Crippen MR) is 123 cm³/mol. The minimum Gasteiger partial charge on any atom is -0.508 e. The highest BCUT2D eigenvalue weighted by molar-refractivity contribution is 7.80. The minimum absolute atomic E-state index is 0.00970. The third kappa shape index (κ3) is 9.25. The number of aliphatic carboxylic acids is 1. The largest absolute Gasteiger partial charge is 0.508 e. The molecule has 13 nitrogen and oxygen atoms in total. The third-order valence-electron chi connectivity index (χ3n) is 4.67. The summed E-state index contributed by atoms with van der Waals surface area (Å²) in [5.74, 6) is -5.29. The zero-order chi connectivity index (χ0) is 26.0. The maximum atomic E-state index is 12.6. The lowest BCUT2D eigenvalue weighted by Crippen LogP contribution is -2.59. The van der Waals surface area contributed by atoms with E-state index in [0.29, 0.717) is 5.56 Å². The van der Waals surface area contributed by atoms with Crippen LogP contribution in [-0.2, 0) is 30.4 Å². The highest BCUT2D eigenvalue weighted by Gasteiger charge is 2.31. The predicted octanol–water partition coefficient (Wildman–Crippen LogP) is -3.01. The number of thiol groups is 1. The molecule has 0 bridgehead atoms. The van der Waals surface area contributed by atoms with Gasteiger partial charge in [-0.1, -0.05) is 12.1 Å². The number of hydrogen-bond donors (Lipinski definition) is 9. The van der Waals surface area contributed by atoms with Gasteiger partial charge in [0.15, 0.2) is 0 Å². The Kier molecular flexibility index (Phi) is 11.3. The van der Waals surface area contributed by atoms with Gasteiger partial charge in [0, 0.05) is 12.2 Å². The number of benzene rings is 1. The first-order valence-electron chi connectivity index (χ1n) is 10.1. The number of aliphatic hydroxyl groups excluding tert-OH is 1. The molecule has 1 rings (SSSR count). The van der Waals surface area contributed by atoms with E-state index in [0.717, 1.165) is 0 Å². The molecule has 34 heavy (non-hydrogen) atoms. The van der Waals surface area contributed by atoms with Crippen molar-refractivity contribution in [2.45, 2.75) is 50.0 Å². The molecule has 10 N–H and O–H groups in total. The van der Waals surface area contributed by atoms with E-state index in [1.807, 2.05) is 0 Å². The molecule has 0 heterocycles. The van der Waals surface area contributed by atoms with E-state index in [9.17, 15) is 39.3 Å². The van der Waals surface area contributed by atoms with Crippen LogP contribution in [0.2, 0.25) is 0 Å². The number of phenols is 1. The van der Waals surface area contributed by atoms with Crippen LogP contribution in [0.15, 0.2) is 24.3 Å². The molecule has 0 aromatic heterocycles. The van der Waals surface area contributed by atoms with Crippen LogP contribution < -0.4 is 27.4 Å². The first-order valence-corrected chi connectivity index (χ1v) is 10.7. The van der Waals surface area contributed by atoms with Crippen LogP contribution in [0, 0.1) is 0 Å². The summed E-state index contributed by atoms with van der Waals surface area (Å²) in [5, 5.41) is 35.0. The van der Waals surface area contributed by atoms with E-state index < -0.39 is 66.3 Å². The van der Waals surface area contributed by atoms with Gasteiger partial charge in [0.05, 0.1) is 12.5 Å². The number of rotatable bonds is 13. The molecule has 5 atom stereocenters. The molecule has 0 aliphatic rings. The first-order chi connectivity index (χ1) is 15.8. The number of carbonyl (C=O) groups excluding carboxylic acids is 4. The Morgan fingerprint density at radius 1 is 0.941 bits per heavy atom. The number of hydrogen-bond acceptors (Lipinski definition) is 9. The highest BCUT2D eigenvalue weighted by Crippen LogP contribution is 2.11. The number of nitrogens with two attached hydrogens (primary N) is 2. The Bertz CT molecular complexity index is 895. The van der Waals surface area contributed by atoms with Gasteiger partial charge in [0.25, 0.3) is 0 Å². The third-order valence-corrected chi connectivity index (χ3v) is 5.03. The fourth-order valence-corrected chi connectivity index (χ4v) is 2.96. The molecule has 4 amide bonds. The van der Waals surface area contributed by atoms with Crippen molar-refractivity contribution in [2.24, 2.45) is 11.5 Å². The van der Waals surface area contributed by atoms with Gasteiger partial charge in [-0.2, -0.15) is 12.6 Å². The Balaban J connectivity index is 2.90. The molecule has 0 saturated heterocycles. The molecule has 0 aliphatic carbocycles. The van der Waals surface area contributed by atoms with Gasteiger partial charge in [0.1, 0.15) is 29.9 Å². The number of nitrogens with one attached hydrogen (secondary N) is 3. The van der Waals surface area contributed by atoms with Gasteiger partial charge in [-0.05, 0) is 24.6 Å². The van der Waals surface area contributed by atoms with Gasteiger partial charge < -0.3 is 42.7 Å². The minimum atomic E-state index is -1.50. The van der Waals surface area contributed by atoms with Crippen LogP contribution in [0.1, 0.15) is 18.9 Å². The average molecular weight is 500 g/mol. The van der Waals surface area contributed by atoms with Crippen molar-refractivity contribution in [3.05, 3.63) is 29.8 Å². The number of carboxylic acid groups (broad SMARTS) is 1. The Labute approximate surface area is 200 Å². The van der Waals surface area contributed by atoms with E-state index >= 15 is 0 Å². The molecule has 1 aromatic rings. The molecular weight excluding hydrogens is 470 g/mol. The van der Waals surface area contributed by atoms with E-state index in [2.05, 4.69) is 28.6 Å². The quantitative estimate of drug-likeness (QED) is 0.125. The van der Waals surface area contributed by atoms with Crippen molar-refractivity contribution in [3.63, 3.8) is 0 Å². The maximum absolute atomic E-state index is 12.6. The van der Waals surface area contributed by atoms with Crippen molar-refractivity contribution >= 4 is 42.2 Å². The standard InChI is InChI=1S/C20H29N5O8S/c1-9(26)16(22)19(31)23-12(7-15(21)28)17(29)25-14(8-34)18(30)24-13(20(32)33)6-10-2-4-11(27)5-3-10/h2-5,9,12-14,16,26-27,34H,6-8,22H2,1H3,(H2,21,28)(H,23,31)(H,24,30)(H,25,29)(H,32,33). The van der Waals surface area contributed by atoms with E-state index in [1.165, 1.54) is 31.2 Å². The van der Waals surface area contributed by atoms with Crippen LogP contribution in [0.4, 0.5) is 0 Å². The molecule has 188 valence electrons.